The Hall–Kier alpha value is -3.22. The summed E-state index contributed by atoms with van der Waals surface area (Å²) in [4.78, 5) is 20.8. The van der Waals surface area contributed by atoms with Gasteiger partial charge in [0, 0.05) is 71.2 Å². The van der Waals surface area contributed by atoms with E-state index in [4.69, 9.17) is 32.9 Å². The third-order valence-electron chi connectivity index (χ3n) is 11.2. The van der Waals surface area contributed by atoms with Crippen LogP contribution in [0.4, 0.5) is 4.39 Å². The number of hydrogen-bond donors (Lipinski definition) is 1. The van der Waals surface area contributed by atoms with Crippen molar-refractivity contribution in [3.05, 3.63) is 63.1 Å². The summed E-state index contributed by atoms with van der Waals surface area (Å²) in [6, 6.07) is 12.1. The van der Waals surface area contributed by atoms with Crippen LogP contribution in [0.2, 0.25) is 10.0 Å². The second-order valence-corrected chi connectivity index (χ2v) is 15.0. The highest BCUT2D eigenvalue weighted by molar-refractivity contribution is 6.43. The van der Waals surface area contributed by atoms with Gasteiger partial charge in [-0.15, -0.1) is 0 Å². The van der Waals surface area contributed by atoms with E-state index in [0.717, 1.165) is 72.7 Å². The first-order valence-corrected chi connectivity index (χ1v) is 17.7. The molecule has 2 aromatic carbocycles. The molecule has 0 unspecified atom stereocenters. The number of amides is 1. The van der Waals surface area contributed by atoms with Crippen LogP contribution in [0.25, 0.3) is 32.9 Å². The number of carbonyl (C=O) groups excluding carboxylic acids is 1. The van der Waals surface area contributed by atoms with Gasteiger partial charge in [-0.3, -0.25) is 4.79 Å². The molecule has 242 valence electrons. The molecule has 0 spiro atoms. The highest BCUT2D eigenvalue weighted by Crippen LogP contribution is 2.51. The summed E-state index contributed by atoms with van der Waals surface area (Å²) >= 11 is 13.1. The quantitative estimate of drug-likeness (QED) is 0.206. The molecule has 47 heavy (non-hydrogen) atoms. The predicted octanol–water partition coefficient (Wildman–Crippen LogP) is 7.83. The highest BCUT2D eigenvalue weighted by Gasteiger charge is 2.51. The van der Waals surface area contributed by atoms with E-state index in [2.05, 4.69) is 26.9 Å². The molecule has 3 aliphatic heterocycles. The van der Waals surface area contributed by atoms with E-state index < -0.39 is 5.82 Å². The third-order valence-corrected chi connectivity index (χ3v) is 12.0. The lowest BCUT2D eigenvalue weighted by Crippen LogP contribution is -2.41. The molecule has 10 heteroatoms. The first-order valence-electron chi connectivity index (χ1n) is 17.0. The normalized spacial score (nSPS) is 26.7. The Morgan fingerprint density at radius 2 is 1.98 bits per heavy atom. The van der Waals surface area contributed by atoms with Crippen molar-refractivity contribution in [1.29, 1.82) is 5.26 Å². The first kappa shape index (κ1) is 29.9. The molecule has 10 rings (SSSR count). The Morgan fingerprint density at radius 1 is 1.15 bits per heavy atom. The summed E-state index contributed by atoms with van der Waals surface area (Å²) < 4.78 is 26.0. The van der Waals surface area contributed by atoms with E-state index >= 15 is 4.39 Å². The van der Waals surface area contributed by atoms with E-state index in [0.29, 0.717) is 52.7 Å². The van der Waals surface area contributed by atoms with Crippen LogP contribution >= 0.6 is 23.2 Å². The van der Waals surface area contributed by atoms with E-state index in [1.807, 2.05) is 13.0 Å². The van der Waals surface area contributed by atoms with Crippen molar-refractivity contribution in [1.82, 2.24) is 19.8 Å². The molecule has 6 fully saturated rings. The van der Waals surface area contributed by atoms with Crippen molar-refractivity contribution in [3.63, 3.8) is 0 Å². The van der Waals surface area contributed by atoms with Gasteiger partial charge in [0.15, 0.2) is 5.82 Å². The highest BCUT2D eigenvalue weighted by atomic mass is 35.5. The number of nitrogens with zero attached hydrogens (tertiary/aromatic N) is 4. The number of benzene rings is 2. The maximum absolute atomic E-state index is 17.1. The van der Waals surface area contributed by atoms with Crippen LogP contribution < -0.4 is 5.32 Å². The van der Waals surface area contributed by atoms with Gasteiger partial charge in [0.1, 0.15) is 5.52 Å². The lowest BCUT2D eigenvalue weighted by atomic mass is 9.79. The number of aryl methyl sites for hydroxylation is 2. The molecule has 4 aromatic rings. The van der Waals surface area contributed by atoms with Crippen molar-refractivity contribution >= 4 is 50.9 Å². The van der Waals surface area contributed by atoms with Crippen LogP contribution in [0.3, 0.4) is 0 Å². The second kappa shape index (κ2) is 11.2. The molecule has 2 aromatic heterocycles. The van der Waals surface area contributed by atoms with Gasteiger partial charge in [0.25, 0.3) is 0 Å². The predicted molar refractivity (Wildman–Crippen MR) is 180 cm³/mol. The van der Waals surface area contributed by atoms with Crippen molar-refractivity contribution in [2.45, 2.75) is 88.6 Å². The van der Waals surface area contributed by atoms with Crippen molar-refractivity contribution in [2.24, 2.45) is 11.8 Å². The molecule has 3 aliphatic carbocycles. The summed E-state index contributed by atoms with van der Waals surface area (Å²) in [7, 11) is 0. The minimum atomic E-state index is -0.460. The van der Waals surface area contributed by atoms with Crippen LogP contribution in [0.5, 0.6) is 0 Å². The van der Waals surface area contributed by atoms with Gasteiger partial charge in [-0.2, -0.15) is 5.26 Å². The number of halogens is 3. The number of carbonyl (C=O) groups is 1. The Kier molecular flexibility index (Phi) is 7.10. The number of nitriles is 1. The molecule has 0 radical (unpaired) electrons. The Morgan fingerprint density at radius 3 is 2.68 bits per heavy atom. The molecule has 5 heterocycles. The summed E-state index contributed by atoms with van der Waals surface area (Å²) in [6.07, 6.45) is 6.84. The molecular formula is C37H36Cl2FN5O2. The fourth-order valence-electron chi connectivity index (χ4n) is 8.56. The van der Waals surface area contributed by atoms with Gasteiger partial charge >= 0.3 is 0 Å². The largest absolute Gasteiger partial charge is 0.373 e. The molecule has 6 aliphatic rings. The van der Waals surface area contributed by atoms with Gasteiger partial charge in [-0.05, 0) is 75.1 Å². The van der Waals surface area contributed by atoms with E-state index in [1.54, 1.807) is 18.2 Å². The number of aromatic nitrogens is 2. The average Bonchev–Trinajstić information content (AvgIpc) is 3.87. The van der Waals surface area contributed by atoms with Crippen LogP contribution in [-0.2, 0) is 16.0 Å². The van der Waals surface area contributed by atoms with Crippen LogP contribution in [0.15, 0.2) is 30.3 Å². The Bertz CT molecular complexity index is 2000. The molecule has 1 N–H and O–H groups in total. The second-order valence-electron chi connectivity index (χ2n) is 14.3. The van der Waals surface area contributed by atoms with Gasteiger partial charge in [0.2, 0.25) is 5.91 Å². The number of rotatable bonds is 8. The fraction of sp³-hybridized carbons (Fsp3) is 0.486. The van der Waals surface area contributed by atoms with Gasteiger partial charge in [-0.25, -0.2) is 9.37 Å². The Balaban J connectivity index is 1.29. The van der Waals surface area contributed by atoms with E-state index in [9.17, 15) is 10.1 Å². The van der Waals surface area contributed by atoms with Crippen molar-refractivity contribution in [2.75, 3.05) is 13.1 Å². The molecule has 5 atom stereocenters. The zero-order chi connectivity index (χ0) is 32.1. The average molecular weight is 673 g/mol. The molecule has 2 bridgehead atoms. The van der Waals surface area contributed by atoms with Crippen molar-refractivity contribution < 1.29 is 13.9 Å². The third kappa shape index (κ3) is 4.80. The molecular weight excluding hydrogens is 636 g/mol. The number of fused-ring (bicyclic) bond motifs is 4. The van der Waals surface area contributed by atoms with Crippen molar-refractivity contribution in [3.8, 4) is 17.2 Å². The minimum Gasteiger partial charge on any atom is -0.373 e. The van der Waals surface area contributed by atoms with E-state index in [-0.39, 0.29) is 47.0 Å². The standard InChI is InChI=1S/C37H36Cl2FN5O2/c1-18-25-15-30(29-14-23(47-22-9-10-22)17-44(29)37(46)19-7-8-19)45(35-21-13-28(35)42-16-21)36(25)26-12-20(4-3-11-41)31(33(40)34(26)43-18)24-5-2-6-27(38)32(24)39/h2,5-6,12,15,19,21-23,28-29,35,42H,3-4,7-10,13-14,16-17H2,1H3/t21-,23+,28-,29-,35+/m1/s1. The maximum Gasteiger partial charge on any atom is 0.226 e. The van der Waals surface area contributed by atoms with Gasteiger partial charge in [0.05, 0.1) is 45.9 Å². The summed E-state index contributed by atoms with van der Waals surface area (Å²) in [5, 5.41) is 15.6. The number of ether oxygens (including phenoxy) is 1. The monoisotopic (exact) mass is 671 g/mol. The zero-order valence-electron chi connectivity index (χ0n) is 26.2. The number of pyridine rings is 1. The number of hydrogen-bond acceptors (Lipinski definition) is 5. The molecule has 1 amide bonds. The summed E-state index contributed by atoms with van der Waals surface area (Å²) in [5.41, 5.74) is 4.59. The lowest BCUT2D eigenvalue weighted by Gasteiger charge is -2.39. The Labute approximate surface area is 283 Å². The van der Waals surface area contributed by atoms with Crippen LogP contribution in [-0.4, -0.2) is 51.7 Å². The molecule has 7 nitrogen and oxygen atoms in total. The minimum absolute atomic E-state index is 0.00824. The fourth-order valence-corrected chi connectivity index (χ4v) is 8.95. The topological polar surface area (TPSA) is 83.2 Å². The van der Waals surface area contributed by atoms with Crippen LogP contribution in [0.1, 0.15) is 74.0 Å². The van der Waals surface area contributed by atoms with Gasteiger partial charge < -0.3 is 19.5 Å². The SMILES string of the molecule is Cc1nc2c(F)c(-c3cccc(Cl)c3Cl)c(CCC#N)cc2c2c1cc([C@H]1C[C@H](OC3CC3)CN1C(=O)C1CC1)n2[C@H]1[C@H]2CN[C@@H]1C2. The van der Waals surface area contributed by atoms with Crippen LogP contribution in [0, 0.1) is 35.9 Å². The lowest BCUT2D eigenvalue weighted by molar-refractivity contribution is -0.134. The maximum atomic E-state index is 17.1. The molecule has 3 saturated heterocycles. The zero-order valence-corrected chi connectivity index (χ0v) is 27.8. The number of nitrogens with one attached hydrogen (secondary N) is 1. The van der Waals surface area contributed by atoms with E-state index in [1.165, 1.54) is 0 Å². The smallest absolute Gasteiger partial charge is 0.226 e. The summed E-state index contributed by atoms with van der Waals surface area (Å²) in [5.74, 6) is 0.334. The number of likely N-dealkylation sites (tertiary alicyclic amines) is 1. The first-order chi connectivity index (χ1) is 22.8. The molecule has 3 saturated carbocycles. The summed E-state index contributed by atoms with van der Waals surface area (Å²) in [6.45, 7) is 3.50. The van der Waals surface area contributed by atoms with Gasteiger partial charge in [-0.1, -0.05) is 35.3 Å².